The van der Waals surface area contributed by atoms with Gasteiger partial charge in [0, 0.05) is 51.0 Å². The van der Waals surface area contributed by atoms with E-state index in [-0.39, 0.29) is 0 Å². The van der Waals surface area contributed by atoms with E-state index in [1.165, 1.54) is 20.7 Å². The summed E-state index contributed by atoms with van der Waals surface area (Å²) >= 11 is 0. The van der Waals surface area contributed by atoms with Crippen LogP contribution in [0.2, 0.25) is 0 Å². The zero-order chi connectivity index (χ0) is 38.7. The highest BCUT2D eigenvalue weighted by atomic mass is 28.3. The molecule has 0 saturated carbocycles. The third kappa shape index (κ3) is 6.26. The number of furan rings is 1. The molecule has 58 heavy (non-hydrogen) atoms. The van der Waals surface area contributed by atoms with E-state index in [0.717, 1.165) is 56.1 Å². The summed E-state index contributed by atoms with van der Waals surface area (Å²) in [6.07, 6.45) is 0. The Morgan fingerprint density at radius 2 is 0.621 bits per heavy atom. The van der Waals surface area contributed by atoms with Crippen LogP contribution in [0.25, 0.3) is 21.9 Å². The number of anilines is 6. The van der Waals surface area contributed by atoms with Gasteiger partial charge in [0.2, 0.25) is 0 Å². The van der Waals surface area contributed by atoms with Gasteiger partial charge in [-0.15, -0.1) is 0 Å². The summed E-state index contributed by atoms with van der Waals surface area (Å²) in [4.78, 5) is 4.72. The molecule has 0 aliphatic rings. The fourth-order valence-electron chi connectivity index (χ4n) is 8.61. The summed E-state index contributed by atoms with van der Waals surface area (Å²) < 4.78 is 6.44. The van der Waals surface area contributed by atoms with Crippen molar-refractivity contribution in [2.45, 2.75) is 0 Å². The van der Waals surface area contributed by atoms with E-state index in [0.29, 0.717) is 0 Å². The van der Waals surface area contributed by atoms with Gasteiger partial charge in [0.25, 0.3) is 0 Å². The maximum absolute atomic E-state index is 6.44. The van der Waals surface area contributed by atoms with Crippen molar-refractivity contribution in [1.29, 1.82) is 0 Å². The van der Waals surface area contributed by atoms with E-state index in [4.69, 9.17) is 4.42 Å². The van der Waals surface area contributed by atoms with Crippen LogP contribution in [0.1, 0.15) is 0 Å². The van der Waals surface area contributed by atoms with Crippen molar-refractivity contribution < 1.29 is 4.42 Å². The summed E-state index contributed by atoms with van der Waals surface area (Å²) in [6, 6.07) is 87.6. The largest absolute Gasteiger partial charge is 0.456 e. The second-order valence-electron chi connectivity index (χ2n) is 14.5. The molecule has 0 radical (unpaired) electrons. The van der Waals surface area contributed by atoms with Crippen LogP contribution in [0.3, 0.4) is 0 Å². The smallest absolute Gasteiger partial charge is 0.179 e. The van der Waals surface area contributed by atoms with Gasteiger partial charge >= 0.3 is 0 Å². The first-order valence-corrected chi connectivity index (χ1v) is 21.8. The highest BCUT2D eigenvalue weighted by molar-refractivity contribution is 7.20. The van der Waals surface area contributed by atoms with Gasteiger partial charge in [-0.1, -0.05) is 158 Å². The summed E-state index contributed by atoms with van der Waals surface area (Å²) in [5.41, 5.74) is 8.28. The molecule has 0 spiro atoms. The molecule has 0 saturated heterocycles. The van der Waals surface area contributed by atoms with Gasteiger partial charge < -0.3 is 14.2 Å². The lowest BCUT2D eigenvalue weighted by atomic mass is 10.1. The lowest BCUT2D eigenvalue weighted by Gasteiger charge is -2.36. The molecule has 9 aromatic carbocycles. The molecule has 3 nitrogen and oxygen atoms in total. The molecule has 10 aromatic rings. The zero-order valence-electron chi connectivity index (χ0n) is 31.9. The van der Waals surface area contributed by atoms with Gasteiger partial charge in [-0.25, -0.2) is 0 Å². The van der Waals surface area contributed by atoms with Crippen LogP contribution in [0.4, 0.5) is 34.1 Å². The summed E-state index contributed by atoms with van der Waals surface area (Å²) in [6.45, 7) is 0. The van der Waals surface area contributed by atoms with Crippen molar-refractivity contribution in [3.8, 4) is 0 Å². The number of para-hydroxylation sites is 4. The second kappa shape index (κ2) is 15.3. The maximum atomic E-state index is 6.44. The summed E-state index contributed by atoms with van der Waals surface area (Å²) in [7, 11) is -3.00. The number of hydrogen-bond acceptors (Lipinski definition) is 3. The molecule has 1 aromatic heterocycles. The monoisotopic (exact) mass is 760 g/mol. The first-order chi connectivity index (χ1) is 28.8. The van der Waals surface area contributed by atoms with E-state index in [9.17, 15) is 0 Å². The molecule has 4 heteroatoms. The summed E-state index contributed by atoms with van der Waals surface area (Å²) in [5.74, 6) is 0. The Labute approximate surface area is 340 Å². The van der Waals surface area contributed by atoms with Crippen LogP contribution in [-0.2, 0) is 0 Å². The van der Waals surface area contributed by atoms with Crippen molar-refractivity contribution in [3.63, 3.8) is 0 Å². The molecule has 0 amide bonds. The normalized spacial score (nSPS) is 11.4. The zero-order valence-corrected chi connectivity index (χ0v) is 32.9. The predicted octanol–water partition coefficient (Wildman–Crippen LogP) is 11.9. The Hall–Kier alpha value is -7.40. The first kappa shape index (κ1) is 35.0. The predicted molar refractivity (Wildman–Crippen MR) is 247 cm³/mol. The van der Waals surface area contributed by atoms with Crippen molar-refractivity contribution in [3.05, 3.63) is 243 Å². The molecule has 0 atom stereocenters. The fraction of sp³-hybridized carbons (Fsp3) is 0. The highest BCUT2D eigenvalue weighted by Crippen LogP contribution is 2.39. The molecule has 10 rings (SSSR count). The molecule has 0 fully saturated rings. The number of rotatable bonds is 10. The standard InChI is InChI=1S/C54H40N2OSi/c1-6-20-41(21-7-1)55(42-22-8-2-9-23-42)44-26-18-32-49(38-44)58(47-28-12-4-13-29-47,48-30-14-5-15-31-48)50-33-19-27-45(39-50)56(43-24-10-3-11-25-43)46-36-37-52-51-34-16-17-35-53(51)57-54(52)40-46/h1-40H. The van der Waals surface area contributed by atoms with Crippen LogP contribution in [-0.4, -0.2) is 8.07 Å². The molecule has 0 unspecified atom stereocenters. The fourth-order valence-corrected chi connectivity index (χ4v) is 13.4. The Morgan fingerprint density at radius 1 is 0.259 bits per heavy atom. The Morgan fingerprint density at radius 3 is 1.12 bits per heavy atom. The van der Waals surface area contributed by atoms with Gasteiger partial charge in [-0.3, -0.25) is 0 Å². The third-order valence-electron chi connectivity index (χ3n) is 11.2. The van der Waals surface area contributed by atoms with E-state index >= 15 is 0 Å². The molecule has 0 N–H and O–H groups in total. The number of nitrogens with zero attached hydrogens (tertiary/aromatic N) is 2. The molecular weight excluding hydrogens is 721 g/mol. The minimum atomic E-state index is -3.00. The average molecular weight is 761 g/mol. The van der Waals surface area contributed by atoms with Crippen LogP contribution in [0, 0.1) is 0 Å². The van der Waals surface area contributed by atoms with Crippen molar-refractivity contribution in [2.24, 2.45) is 0 Å². The van der Waals surface area contributed by atoms with Gasteiger partial charge in [0.05, 0.1) is 0 Å². The lowest BCUT2D eigenvalue weighted by Crippen LogP contribution is -2.74. The van der Waals surface area contributed by atoms with E-state index in [2.05, 4.69) is 240 Å². The highest BCUT2D eigenvalue weighted by Gasteiger charge is 2.42. The van der Waals surface area contributed by atoms with E-state index < -0.39 is 8.07 Å². The topological polar surface area (TPSA) is 19.6 Å². The van der Waals surface area contributed by atoms with Crippen LogP contribution in [0.15, 0.2) is 247 Å². The van der Waals surface area contributed by atoms with Gasteiger partial charge in [0.1, 0.15) is 11.2 Å². The van der Waals surface area contributed by atoms with Crippen LogP contribution in [0.5, 0.6) is 0 Å². The van der Waals surface area contributed by atoms with Gasteiger partial charge in [-0.05, 0) is 99.6 Å². The average Bonchev–Trinajstić information content (AvgIpc) is 3.67. The molecule has 0 aliphatic carbocycles. The first-order valence-electron chi connectivity index (χ1n) is 19.8. The number of benzene rings is 9. The number of hydrogen-bond donors (Lipinski definition) is 0. The van der Waals surface area contributed by atoms with Crippen LogP contribution >= 0.6 is 0 Å². The second-order valence-corrected chi connectivity index (χ2v) is 18.3. The Kier molecular flexibility index (Phi) is 9.22. The van der Waals surface area contributed by atoms with Gasteiger partial charge in [0.15, 0.2) is 8.07 Å². The number of fused-ring (bicyclic) bond motifs is 3. The maximum Gasteiger partial charge on any atom is 0.179 e. The molecule has 276 valence electrons. The van der Waals surface area contributed by atoms with Crippen molar-refractivity contribution in [1.82, 2.24) is 0 Å². The minimum absolute atomic E-state index is 0.867. The van der Waals surface area contributed by atoms with E-state index in [1.807, 2.05) is 12.1 Å². The van der Waals surface area contributed by atoms with Gasteiger partial charge in [-0.2, -0.15) is 0 Å². The van der Waals surface area contributed by atoms with Crippen LogP contribution < -0.4 is 30.5 Å². The molecule has 0 aliphatic heterocycles. The molecule has 0 bridgehead atoms. The van der Waals surface area contributed by atoms with Crippen molar-refractivity contribution >= 4 is 84.9 Å². The minimum Gasteiger partial charge on any atom is -0.456 e. The quantitative estimate of drug-likeness (QED) is 0.102. The molecule has 1 heterocycles. The lowest BCUT2D eigenvalue weighted by molar-refractivity contribution is 0.669. The SMILES string of the molecule is c1ccc(N(c2ccccc2)c2cccc([Si](c3ccccc3)(c3ccccc3)c3cccc(N(c4ccccc4)c4ccc5c(c4)oc4ccccc45)c3)c2)cc1. The molecular formula is C54H40N2OSi. The Balaban J connectivity index is 1.21. The summed E-state index contributed by atoms with van der Waals surface area (Å²) in [5, 5.41) is 7.45. The Bertz CT molecular complexity index is 2870. The third-order valence-corrected chi connectivity index (χ3v) is 15.9. The van der Waals surface area contributed by atoms with E-state index in [1.54, 1.807) is 0 Å². The van der Waals surface area contributed by atoms with Crippen molar-refractivity contribution in [2.75, 3.05) is 9.80 Å².